The second-order valence-electron chi connectivity index (χ2n) is 0.537. The van der Waals surface area contributed by atoms with Crippen molar-refractivity contribution >= 4 is 62.7 Å². The summed E-state index contributed by atoms with van der Waals surface area (Å²) in [5.74, 6) is 0. The van der Waals surface area contributed by atoms with E-state index in [-0.39, 0.29) is 104 Å². The first-order valence-corrected chi connectivity index (χ1v) is 3.60. The Hall–Kier alpha value is 3.97. The molecule has 6 N–H and O–H groups in total. The topological polar surface area (TPSA) is 121 Å². The molecule has 0 atom stereocenters. The zero-order valence-corrected chi connectivity index (χ0v) is 16.4. The molecule has 0 unspecified atom stereocenters. The number of hydrogen-bond donors (Lipinski definition) is 6. The van der Waals surface area contributed by atoms with Gasteiger partial charge in [0, 0.05) is 58.4 Å². The third kappa shape index (κ3) is 149. The van der Waals surface area contributed by atoms with Crippen molar-refractivity contribution in [3.05, 3.63) is 0 Å². The maximum atomic E-state index is 7.23. The zero-order chi connectivity index (χ0) is 7.15. The fourth-order valence-electron chi connectivity index (χ4n) is 0. The van der Waals surface area contributed by atoms with Crippen LogP contribution in [0.2, 0.25) is 0 Å². The molecule has 0 aliphatic carbocycles. The standard InChI is InChI=1S/2H3O3P.Sr.3Zn.2H/c2*1-4(2)3;;;;;;/h2*1-3H;;;;;;. The van der Waals surface area contributed by atoms with E-state index < -0.39 is 17.2 Å². The first kappa shape index (κ1) is 36.0. The van der Waals surface area contributed by atoms with Crippen LogP contribution in [0.5, 0.6) is 0 Å². The van der Waals surface area contributed by atoms with Crippen LogP contribution in [0.15, 0.2) is 0 Å². The number of rotatable bonds is 0. The van der Waals surface area contributed by atoms with Gasteiger partial charge in [-0.15, -0.1) is 0 Å². The van der Waals surface area contributed by atoms with Gasteiger partial charge in [0.25, 0.3) is 0 Å². The average molecular weight is 450 g/mol. The van der Waals surface area contributed by atoms with Gasteiger partial charge < -0.3 is 29.4 Å². The molecule has 0 bridgehead atoms. The quantitative estimate of drug-likeness (QED) is 0.179. The molecule has 0 radical (unpaired) electrons. The fraction of sp³-hybridized carbons (Fsp3) is 0. The summed E-state index contributed by atoms with van der Waals surface area (Å²) in [4.78, 5) is 43.4. The van der Waals surface area contributed by atoms with Crippen molar-refractivity contribution in [3.63, 3.8) is 0 Å². The largest absolute Gasteiger partial charge is 0 e. The second kappa shape index (κ2) is 29.4. The van der Waals surface area contributed by atoms with Crippen molar-refractivity contribution in [3.8, 4) is 0 Å². The Bertz CT molecular complexity index is 36.3. The van der Waals surface area contributed by atoms with Crippen LogP contribution < -0.4 is 0 Å². The molecule has 0 saturated heterocycles. The van der Waals surface area contributed by atoms with Gasteiger partial charge in [0.2, 0.25) is 0 Å². The predicted molar refractivity (Wildman–Crippen MR) is 35.7 cm³/mol. The van der Waals surface area contributed by atoms with E-state index in [4.69, 9.17) is 29.4 Å². The van der Waals surface area contributed by atoms with E-state index in [1.165, 1.54) is 0 Å². The first-order valence-electron chi connectivity index (χ1n) is 1.20. The van der Waals surface area contributed by atoms with Gasteiger partial charge in [-0.25, -0.2) is 0 Å². The normalized spacial score (nSPS) is 6.00. The molecule has 0 fully saturated rings. The van der Waals surface area contributed by atoms with Crippen molar-refractivity contribution in [2.75, 3.05) is 0 Å². The number of hydrogen-bond acceptors (Lipinski definition) is 6. The van der Waals surface area contributed by atoms with Crippen molar-refractivity contribution in [2.45, 2.75) is 0 Å². The van der Waals surface area contributed by atoms with Gasteiger partial charge in [0.15, 0.2) is 0 Å². The van der Waals surface area contributed by atoms with E-state index in [9.17, 15) is 0 Å². The molecule has 0 saturated carbocycles. The van der Waals surface area contributed by atoms with Crippen molar-refractivity contribution < 1.29 is 87.8 Å². The maximum Gasteiger partial charge on any atom is 0 e. The van der Waals surface area contributed by atoms with Crippen LogP contribution in [-0.4, -0.2) is 74.8 Å². The van der Waals surface area contributed by atoms with Crippen LogP contribution in [0.4, 0.5) is 0 Å². The Kier molecular flexibility index (Phi) is 88.2. The summed E-state index contributed by atoms with van der Waals surface area (Å²) in [5.41, 5.74) is 0. The second-order valence-corrected chi connectivity index (χ2v) is 1.61. The molecular weight excluding hydrogens is 442 g/mol. The van der Waals surface area contributed by atoms with E-state index in [0.29, 0.717) is 0 Å². The van der Waals surface area contributed by atoms with E-state index in [0.717, 1.165) is 0 Å². The Morgan fingerprint density at radius 1 is 0.500 bits per heavy atom. The van der Waals surface area contributed by atoms with Gasteiger partial charge in [-0.3, -0.25) is 0 Å². The van der Waals surface area contributed by atoms with Crippen LogP contribution in [-0.2, 0) is 58.4 Å². The van der Waals surface area contributed by atoms with E-state index in [2.05, 4.69) is 0 Å². The van der Waals surface area contributed by atoms with Crippen LogP contribution in [0, 0.1) is 0 Å². The molecule has 0 heterocycles. The smallest absolute Gasteiger partial charge is 0 e. The van der Waals surface area contributed by atoms with Crippen molar-refractivity contribution in [1.29, 1.82) is 0 Å². The Balaban J connectivity index is -0.0000000112. The SMILES string of the molecule is OP(O)O.OP(O)O.[SrH2].[Zn].[Zn].[Zn]. The first-order chi connectivity index (χ1) is 3.46. The van der Waals surface area contributed by atoms with Gasteiger partial charge in [0.1, 0.15) is 0 Å². The summed E-state index contributed by atoms with van der Waals surface area (Å²) in [6.45, 7) is 0. The van der Waals surface area contributed by atoms with Crippen molar-refractivity contribution in [2.24, 2.45) is 0 Å². The summed E-state index contributed by atoms with van der Waals surface area (Å²) in [6, 6.07) is 0. The molecule has 0 aromatic carbocycles. The van der Waals surface area contributed by atoms with E-state index in [1.807, 2.05) is 0 Å². The molecule has 0 aliphatic heterocycles. The Morgan fingerprint density at radius 2 is 0.500 bits per heavy atom. The third-order valence-electron chi connectivity index (χ3n) is 0. The minimum absolute atomic E-state index is 0. The minimum Gasteiger partial charge on any atom is 0 e. The molecule has 0 aliphatic rings. The molecule has 62 valence electrons. The van der Waals surface area contributed by atoms with Gasteiger partial charge in [-0.05, 0) is 0 Å². The van der Waals surface area contributed by atoms with E-state index >= 15 is 0 Å². The van der Waals surface area contributed by atoms with Gasteiger partial charge in [-0.1, -0.05) is 0 Å². The summed E-state index contributed by atoms with van der Waals surface area (Å²) < 4.78 is 0. The molecule has 0 amide bonds. The summed E-state index contributed by atoms with van der Waals surface area (Å²) >= 11 is 0. The monoisotopic (exact) mass is 446 g/mol. The van der Waals surface area contributed by atoms with Gasteiger partial charge in [0.05, 0.1) is 0 Å². The molecule has 0 aromatic rings. The van der Waals surface area contributed by atoms with Crippen LogP contribution in [0.1, 0.15) is 0 Å². The molecule has 0 spiro atoms. The molecule has 0 aromatic heterocycles. The Labute approximate surface area is 148 Å². The fourth-order valence-corrected chi connectivity index (χ4v) is 0. The maximum absolute atomic E-state index is 7.23. The van der Waals surface area contributed by atoms with Crippen molar-refractivity contribution in [1.82, 2.24) is 0 Å². The summed E-state index contributed by atoms with van der Waals surface area (Å²) in [7, 11) is -5.24. The van der Waals surface area contributed by atoms with Gasteiger partial charge in [-0.2, -0.15) is 0 Å². The predicted octanol–water partition coefficient (Wildman–Crippen LogP) is -2.54. The van der Waals surface area contributed by atoms with Crippen LogP contribution >= 0.6 is 17.2 Å². The van der Waals surface area contributed by atoms with E-state index in [1.54, 1.807) is 0 Å². The third-order valence-corrected chi connectivity index (χ3v) is 0. The molecule has 0 rings (SSSR count). The zero-order valence-electron chi connectivity index (χ0n) is 5.70. The average Bonchev–Trinajstić information content (AvgIpc) is 1.25. The Morgan fingerprint density at radius 3 is 0.500 bits per heavy atom. The van der Waals surface area contributed by atoms with Crippen LogP contribution in [0.25, 0.3) is 0 Å². The minimum atomic E-state index is -2.62. The summed E-state index contributed by atoms with van der Waals surface area (Å²) in [5, 5.41) is 0. The van der Waals surface area contributed by atoms with Crippen LogP contribution in [0.3, 0.4) is 0 Å². The molecular formula is H8O6P2SrZn3. The van der Waals surface area contributed by atoms with Gasteiger partial charge >= 0.3 is 62.7 Å². The molecule has 12 heavy (non-hydrogen) atoms. The molecule has 12 heteroatoms. The molecule has 6 nitrogen and oxygen atoms in total. The summed E-state index contributed by atoms with van der Waals surface area (Å²) in [6.07, 6.45) is 0.